The highest BCUT2D eigenvalue weighted by Gasteiger charge is 2.66. The van der Waals surface area contributed by atoms with Crippen LogP contribution in [0.2, 0.25) is 18.6 Å². The lowest BCUT2D eigenvalue weighted by molar-refractivity contribution is -0.150. The number of anilines is 3. The molecule has 2 heterocycles. The average Bonchev–Trinajstić information content (AvgIpc) is 3.64. The fraction of sp³-hybridized carbons (Fsp3) is 0.283. The number of para-hydroxylation sites is 1. The molecule has 294 valence electrons. The first-order chi connectivity index (χ1) is 27.5. The molecule has 0 radical (unpaired) electrons. The summed E-state index contributed by atoms with van der Waals surface area (Å²) in [5.41, 5.74) is 3.36. The highest BCUT2D eigenvalue weighted by molar-refractivity contribution is 9.10. The highest BCUT2D eigenvalue weighted by Crippen LogP contribution is 2.60. The minimum Gasteiger partial charge on any atom is -0.497 e. The van der Waals surface area contributed by atoms with Crippen LogP contribution in [0.5, 0.6) is 5.75 Å². The van der Waals surface area contributed by atoms with Crippen molar-refractivity contribution >= 4 is 64.5 Å². The summed E-state index contributed by atoms with van der Waals surface area (Å²) in [6.07, 6.45) is 0.267. The van der Waals surface area contributed by atoms with Gasteiger partial charge in [0.25, 0.3) is 5.91 Å². The van der Waals surface area contributed by atoms with Crippen molar-refractivity contribution in [1.82, 2.24) is 4.90 Å². The van der Waals surface area contributed by atoms with Gasteiger partial charge in [0.05, 0.1) is 46.5 Å². The maximum atomic E-state index is 15.3. The maximum Gasteiger partial charge on any atom is 0.264 e. The van der Waals surface area contributed by atoms with Gasteiger partial charge in [0, 0.05) is 40.4 Å². The quantitative estimate of drug-likeness (QED) is 0.0902. The highest BCUT2D eigenvalue weighted by atomic mass is 79.9. The molecule has 3 amide bonds. The van der Waals surface area contributed by atoms with Crippen molar-refractivity contribution < 1.29 is 29.0 Å². The fourth-order valence-corrected chi connectivity index (χ4v) is 13.3. The molecule has 7 rings (SSSR count). The van der Waals surface area contributed by atoms with Crippen LogP contribution >= 0.6 is 15.9 Å². The normalized spacial score (nSPS) is 20.1. The lowest BCUT2D eigenvalue weighted by Gasteiger charge is -2.37. The van der Waals surface area contributed by atoms with Gasteiger partial charge in [0.1, 0.15) is 5.75 Å². The smallest absolute Gasteiger partial charge is 0.264 e. The number of rotatable bonds is 14. The number of aliphatic hydroxyl groups excluding tert-OH is 1. The first kappa shape index (κ1) is 40.1. The SMILES string of the molecule is COc1ccc([Si](C)(C)[C@H]2[C@H](CC(=O)N(CCO)Cc3ccccc3)O[C@@]3(C(=O)N(Cc4ccc(N(C=O)c5ccccc5)cc4)c4ccc(Br)cc43)[C@@H]2C)cc1. The second kappa shape index (κ2) is 16.8. The number of nitrogens with zero attached hydrogens (tertiary/aromatic N) is 3. The molecule has 1 spiro atoms. The van der Waals surface area contributed by atoms with Crippen LogP contribution < -0.4 is 19.7 Å². The number of hydrogen-bond acceptors (Lipinski definition) is 6. The van der Waals surface area contributed by atoms with Crippen LogP contribution in [0.15, 0.2) is 132 Å². The van der Waals surface area contributed by atoms with E-state index in [1.807, 2.05) is 115 Å². The Labute approximate surface area is 344 Å². The Hall–Kier alpha value is -5.07. The molecule has 4 atom stereocenters. The van der Waals surface area contributed by atoms with Crippen molar-refractivity contribution in [2.45, 2.75) is 56.8 Å². The van der Waals surface area contributed by atoms with Gasteiger partial charge in [-0.2, -0.15) is 0 Å². The largest absolute Gasteiger partial charge is 0.497 e. The number of carbonyl (C=O) groups is 3. The zero-order chi connectivity index (χ0) is 40.3. The topological polar surface area (TPSA) is 99.6 Å². The van der Waals surface area contributed by atoms with E-state index in [1.165, 1.54) is 5.19 Å². The molecular formula is C46H48BrN3O6Si. The summed E-state index contributed by atoms with van der Waals surface area (Å²) >= 11 is 3.69. The number of aliphatic hydroxyl groups is 1. The molecule has 0 bridgehead atoms. The van der Waals surface area contributed by atoms with E-state index in [0.29, 0.717) is 12.2 Å². The number of hydrogen-bond donors (Lipinski definition) is 1. The molecular weight excluding hydrogens is 799 g/mol. The van der Waals surface area contributed by atoms with E-state index in [1.54, 1.807) is 21.8 Å². The molecule has 0 saturated carbocycles. The Bertz CT molecular complexity index is 2210. The third-order valence-corrected chi connectivity index (χ3v) is 16.7. The summed E-state index contributed by atoms with van der Waals surface area (Å²) in [5, 5.41) is 11.2. The molecule has 0 aliphatic carbocycles. The number of ether oxygens (including phenoxy) is 2. The van der Waals surface area contributed by atoms with E-state index in [0.717, 1.165) is 44.7 Å². The van der Waals surface area contributed by atoms with E-state index >= 15 is 4.79 Å². The summed E-state index contributed by atoms with van der Waals surface area (Å²) < 4.78 is 13.6. The Morgan fingerprint density at radius 2 is 1.56 bits per heavy atom. The van der Waals surface area contributed by atoms with Crippen LogP contribution in [0, 0.1) is 5.92 Å². The molecule has 1 fully saturated rings. The molecule has 1 N–H and O–H groups in total. The van der Waals surface area contributed by atoms with Crippen LogP contribution in [-0.4, -0.2) is 62.7 Å². The fourth-order valence-electron chi connectivity index (χ4n) is 8.96. The van der Waals surface area contributed by atoms with Gasteiger partial charge in [-0.15, -0.1) is 0 Å². The predicted molar refractivity (Wildman–Crippen MR) is 230 cm³/mol. The molecule has 0 aromatic heterocycles. The summed E-state index contributed by atoms with van der Waals surface area (Å²) in [6, 6.07) is 40.9. The molecule has 11 heteroatoms. The number of benzene rings is 5. The zero-order valence-electron chi connectivity index (χ0n) is 32.7. The van der Waals surface area contributed by atoms with Gasteiger partial charge < -0.3 is 24.4 Å². The minimum absolute atomic E-state index is 0.0584. The van der Waals surface area contributed by atoms with Crippen LogP contribution in [0.3, 0.4) is 0 Å². The Morgan fingerprint density at radius 1 is 0.912 bits per heavy atom. The summed E-state index contributed by atoms with van der Waals surface area (Å²) in [7, 11) is -0.873. The van der Waals surface area contributed by atoms with Gasteiger partial charge in [0.2, 0.25) is 12.3 Å². The molecule has 9 nitrogen and oxygen atoms in total. The molecule has 5 aromatic rings. The van der Waals surface area contributed by atoms with E-state index in [-0.39, 0.29) is 49.4 Å². The van der Waals surface area contributed by atoms with Gasteiger partial charge in [-0.05, 0) is 71.3 Å². The number of fused-ring (bicyclic) bond motifs is 2. The van der Waals surface area contributed by atoms with Crippen molar-refractivity contribution in [2.24, 2.45) is 5.92 Å². The number of methoxy groups -OCH3 is 1. The van der Waals surface area contributed by atoms with Crippen molar-refractivity contribution in [1.29, 1.82) is 0 Å². The van der Waals surface area contributed by atoms with Crippen molar-refractivity contribution in [3.05, 3.63) is 149 Å². The first-order valence-electron chi connectivity index (χ1n) is 19.3. The lowest BCUT2D eigenvalue weighted by Crippen LogP contribution is -2.52. The third kappa shape index (κ3) is 7.69. The molecule has 2 aliphatic heterocycles. The van der Waals surface area contributed by atoms with Crippen LogP contribution in [-0.2, 0) is 37.8 Å². The molecule has 2 aliphatic rings. The predicted octanol–water partition coefficient (Wildman–Crippen LogP) is 7.93. The summed E-state index contributed by atoms with van der Waals surface area (Å²) in [5.74, 6) is 0.153. The Balaban J connectivity index is 1.25. The standard InChI is InChI=1S/C46H48BrN3O6Si/c1-32-44(57(3,4)39-22-20-38(55-2)21-23-39)42(28-43(53)48(25-26-51)29-33-11-7-5-8-12-33)56-46(32)40-27-35(47)17-24-41(40)49(45(46)54)30-34-15-18-37(19-16-34)50(31-52)36-13-9-6-10-14-36/h5-24,27,31-32,42,44,51H,25-26,28-30H2,1-4H3/t32-,42+,44-,46+/m1/s1. The van der Waals surface area contributed by atoms with Crippen LogP contribution in [0.1, 0.15) is 30.0 Å². The minimum atomic E-state index is -2.52. The lowest BCUT2D eigenvalue weighted by atomic mass is 9.82. The van der Waals surface area contributed by atoms with Crippen LogP contribution in [0.25, 0.3) is 0 Å². The summed E-state index contributed by atoms with van der Waals surface area (Å²) in [6.45, 7) is 7.36. The summed E-state index contributed by atoms with van der Waals surface area (Å²) in [4.78, 5) is 46.9. The number of halogens is 1. The zero-order valence-corrected chi connectivity index (χ0v) is 35.3. The number of carbonyl (C=O) groups excluding carboxylic acids is 3. The third-order valence-electron chi connectivity index (χ3n) is 11.8. The maximum absolute atomic E-state index is 15.3. The monoisotopic (exact) mass is 845 g/mol. The van der Waals surface area contributed by atoms with Crippen molar-refractivity contribution in [2.75, 3.05) is 30.1 Å². The van der Waals surface area contributed by atoms with Gasteiger partial charge >= 0.3 is 0 Å². The molecule has 0 unspecified atom stereocenters. The van der Waals surface area contributed by atoms with Crippen molar-refractivity contribution in [3.8, 4) is 5.75 Å². The van der Waals surface area contributed by atoms with E-state index in [4.69, 9.17) is 9.47 Å². The first-order valence-corrected chi connectivity index (χ1v) is 23.1. The Kier molecular flexibility index (Phi) is 11.8. The van der Waals surface area contributed by atoms with Gasteiger partial charge in [0.15, 0.2) is 5.60 Å². The van der Waals surface area contributed by atoms with Gasteiger partial charge in [-0.3, -0.25) is 19.3 Å². The second-order valence-electron chi connectivity index (χ2n) is 15.4. The Morgan fingerprint density at radius 3 is 2.19 bits per heavy atom. The van der Waals surface area contributed by atoms with Crippen molar-refractivity contribution in [3.63, 3.8) is 0 Å². The van der Waals surface area contributed by atoms with Gasteiger partial charge in [-0.25, -0.2) is 0 Å². The molecule has 57 heavy (non-hydrogen) atoms. The number of amides is 3. The van der Waals surface area contributed by atoms with E-state index < -0.39 is 19.8 Å². The molecule has 5 aromatic carbocycles. The second-order valence-corrected chi connectivity index (χ2v) is 21.0. The molecule has 1 saturated heterocycles. The van der Waals surface area contributed by atoms with Gasteiger partial charge in [-0.1, -0.05) is 114 Å². The average molecular weight is 847 g/mol. The van der Waals surface area contributed by atoms with E-state index in [2.05, 4.69) is 48.1 Å². The van der Waals surface area contributed by atoms with Crippen LogP contribution in [0.4, 0.5) is 17.1 Å². The van der Waals surface area contributed by atoms with E-state index in [9.17, 15) is 14.7 Å².